The van der Waals surface area contributed by atoms with Crippen molar-refractivity contribution < 1.29 is 29.3 Å². The van der Waals surface area contributed by atoms with Crippen LogP contribution in [0.4, 0.5) is 0 Å². The predicted octanol–water partition coefficient (Wildman–Crippen LogP) is 1.89. The van der Waals surface area contributed by atoms with Gasteiger partial charge in [0.2, 0.25) is 0 Å². The molecule has 1 fully saturated rings. The molecule has 25 heavy (non-hydrogen) atoms. The lowest BCUT2D eigenvalue weighted by molar-refractivity contribution is -0.159. The summed E-state index contributed by atoms with van der Waals surface area (Å²) in [5.41, 5.74) is -0.276. The Balaban J connectivity index is 2.43. The maximum atomic E-state index is 12.2. The average Bonchev–Trinajstić information content (AvgIpc) is 2.77. The molecule has 2 N–H and O–H groups in total. The lowest BCUT2D eigenvalue weighted by atomic mass is 9.80. The molecule has 1 aliphatic carbocycles. The molecule has 5 atom stereocenters. The molecular formula is C19H28O6. The van der Waals surface area contributed by atoms with E-state index in [4.69, 9.17) is 9.47 Å². The molecule has 6 heteroatoms. The zero-order valence-corrected chi connectivity index (χ0v) is 15.3. The third-order valence-corrected chi connectivity index (χ3v) is 4.95. The van der Waals surface area contributed by atoms with Gasteiger partial charge in [-0.25, -0.2) is 4.79 Å². The highest BCUT2D eigenvalue weighted by atomic mass is 16.6. The first-order valence-electron chi connectivity index (χ1n) is 8.71. The molecule has 2 rings (SSSR count). The van der Waals surface area contributed by atoms with E-state index < -0.39 is 41.8 Å². The minimum absolute atomic E-state index is 0.141. The van der Waals surface area contributed by atoms with Gasteiger partial charge < -0.3 is 19.7 Å². The molecule has 1 heterocycles. The van der Waals surface area contributed by atoms with Crippen molar-refractivity contribution in [2.75, 3.05) is 0 Å². The largest absolute Gasteiger partial charge is 0.461 e. The fourth-order valence-corrected chi connectivity index (χ4v) is 3.29. The first-order valence-corrected chi connectivity index (χ1v) is 8.71. The van der Waals surface area contributed by atoms with Gasteiger partial charge in [0.25, 0.3) is 0 Å². The Labute approximate surface area is 148 Å². The molecule has 0 aromatic carbocycles. The van der Waals surface area contributed by atoms with Crippen LogP contribution >= 0.6 is 0 Å². The minimum Gasteiger partial charge on any atom is -0.461 e. The van der Waals surface area contributed by atoms with Crippen molar-refractivity contribution in [3.8, 4) is 0 Å². The van der Waals surface area contributed by atoms with Gasteiger partial charge in [0.1, 0.15) is 12.2 Å². The van der Waals surface area contributed by atoms with Crippen molar-refractivity contribution in [2.45, 2.75) is 70.9 Å². The topological polar surface area (TPSA) is 93.1 Å². The van der Waals surface area contributed by atoms with Crippen LogP contribution in [0.3, 0.4) is 0 Å². The maximum Gasteiger partial charge on any atom is 0.334 e. The molecule has 0 aromatic rings. The normalized spacial score (nSPS) is 38.6. The van der Waals surface area contributed by atoms with Gasteiger partial charge in [-0.2, -0.15) is 0 Å². The van der Waals surface area contributed by atoms with Crippen LogP contribution < -0.4 is 0 Å². The third-order valence-electron chi connectivity index (χ3n) is 4.95. The van der Waals surface area contributed by atoms with Crippen molar-refractivity contribution in [1.82, 2.24) is 0 Å². The molecule has 0 amide bonds. The molecule has 0 radical (unpaired) electrons. The van der Waals surface area contributed by atoms with Crippen LogP contribution in [0, 0.1) is 11.8 Å². The smallest absolute Gasteiger partial charge is 0.334 e. The summed E-state index contributed by atoms with van der Waals surface area (Å²) in [6.07, 6.45) is 0.417. The van der Waals surface area contributed by atoms with E-state index in [1.54, 1.807) is 33.8 Å². The van der Waals surface area contributed by atoms with Gasteiger partial charge in [0.05, 0.1) is 23.5 Å². The Morgan fingerprint density at radius 1 is 1.48 bits per heavy atom. The molecule has 140 valence electrons. The molecule has 1 saturated heterocycles. The quantitative estimate of drug-likeness (QED) is 0.448. The Morgan fingerprint density at radius 3 is 2.72 bits per heavy atom. The lowest BCUT2D eigenvalue weighted by Crippen LogP contribution is -2.41. The van der Waals surface area contributed by atoms with Crippen molar-refractivity contribution in [3.63, 3.8) is 0 Å². The van der Waals surface area contributed by atoms with E-state index in [9.17, 15) is 19.8 Å². The first-order chi connectivity index (χ1) is 11.5. The van der Waals surface area contributed by atoms with Crippen molar-refractivity contribution in [2.24, 2.45) is 11.8 Å². The number of rotatable bonds is 2. The van der Waals surface area contributed by atoms with Crippen LogP contribution in [-0.2, 0) is 19.1 Å². The van der Waals surface area contributed by atoms with Gasteiger partial charge in [-0.1, -0.05) is 20.4 Å². The first kappa shape index (κ1) is 19.7. The van der Waals surface area contributed by atoms with Crippen LogP contribution in [0.15, 0.2) is 23.8 Å². The molecule has 1 aliphatic heterocycles. The Kier molecular flexibility index (Phi) is 5.74. The van der Waals surface area contributed by atoms with Crippen LogP contribution in [0.5, 0.6) is 0 Å². The van der Waals surface area contributed by atoms with Crippen molar-refractivity contribution in [1.29, 1.82) is 0 Å². The van der Waals surface area contributed by atoms with Gasteiger partial charge in [-0.3, -0.25) is 4.79 Å². The Morgan fingerprint density at radius 2 is 2.12 bits per heavy atom. The second-order valence-corrected chi connectivity index (χ2v) is 7.72. The van der Waals surface area contributed by atoms with E-state index in [-0.39, 0.29) is 17.9 Å². The van der Waals surface area contributed by atoms with Crippen molar-refractivity contribution in [3.05, 3.63) is 23.8 Å². The number of aliphatic hydroxyl groups excluding tert-OH is 1. The molecule has 2 aliphatic rings. The number of hydrogen-bond donors (Lipinski definition) is 2. The second-order valence-electron chi connectivity index (χ2n) is 7.72. The number of carbonyl (C=O) groups excluding carboxylic acids is 2. The minimum atomic E-state index is -1.16. The molecule has 0 aromatic heterocycles. The fraction of sp³-hybridized carbons (Fsp3) is 0.684. The van der Waals surface area contributed by atoms with Gasteiger partial charge in [0, 0.05) is 12.0 Å². The standard InChI is InChI=1S/C19H28O6/c1-10(2)17(21)25-15-9-19(5,23)7-6-13(20)11(3)8-14-16(15)12(4)18(22)24-14/h8,10,13-16,20,23H,4,6-7,9H2,1-3,5H3/b11-8-/t13?,14-,15?,16+,19+/m1/s1. The monoisotopic (exact) mass is 352 g/mol. The number of aliphatic hydroxyl groups is 2. The summed E-state index contributed by atoms with van der Waals surface area (Å²) in [4.78, 5) is 24.2. The summed E-state index contributed by atoms with van der Waals surface area (Å²) >= 11 is 0. The zero-order valence-electron chi connectivity index (χ0n) is 15.3. The lowest BCUT2D eigenvalue weighted by Gasteiger charge is -2.34. The highest BCUT2D eigenvalue weighted by Gasteiger charge is 2.47. The van der Waals surface area contributed by atoms with E-state index in [0.717, 1.165) is 0 Å². The van der Waals surface area contributed by atoms with E-state index >= 15 is 0 Å². The van der Waals surface area contributed by atoms with E-state index in [0.29, 0.717) is 18.4 Å². The Bertz CT molecular complexity index is 589. The molecule has 0 spiro atoms. The number of fused-ring (bicyclic) bond motifs is 1. The van der Waals surface area contributed by atoms with Crippen LogP contribution in [0.1, 0.15) is 47.0 Å². The van der Waals surface area contributed by atoms with Crippen LogP contribution in [0.2, 0.25) is 0 Å². The Hall–Kier alpha value is -1.66. The predicted molar refractivity (Wildman–Crippen MR) is 91.5 cm³/mol. The average molecular weight is 352 g/mol. The van der Waals surface area contributed by atoms with Gasteiger partial charge in [-0.15, -0.1) is 0 Å². The molecule has 2 unspecified atom stereocenters. The van der Waals surface area contributed by atoms with Gasteiger partial charge in [0.15, 0.2) is 0 Å². The summed E-state index contributed by atoms with van der Waals surface area (Å²) in [5, 5.41) is 21.0. The summed E-state index contributed by atoms with van der Waals surface area (Å²) in [6, 6.07) is 0. The van der Waals surface area contributed by atoms with E-state index in [1.165, 1.54) is 0 Å². The molecule has 6 nitrogen and oxygen atoms in total. The van der Waals surface area contributed by atoms with Gasteiger partial charge in [-0.05, 0) is 38.3 Å². The van der Waals surface area contributed by atoms with E-state index in [1.807, 2.05) is 0 Å². The van der Waals surface area contributed by atoms with Gasteiger partial charge >= 0.3 is 11.9 Å². The molecule has 0 saturated carbocycles. The van der Waals surface area contributed by atoms with Crippen molar-refractivity contribution >= 4 is 11.9 Å². The summed E-state index contributed by atoms with van der Waals surface area (Å²) in [7, 11) is 0. The third kappa shape index (κ3) is 4.50. The van der Waals surface area contributed by atoms with Crippen LogP contribution in [-0.4, -0.2) is 46.1 Å². The van der Waals surface area contributed by atoms with E-state index in [2.05, 4.69) is 6.58 Å². The summed E-state index contributed by atoms with van der Waals surface area (Å²) < 4.78 is 11.0. The highest BCUT2D eigenvalue weighted by molar-refractivity contribution is 5.91. The number of hydrogen-bond acceptors (Lipinski definition) is 6. The number of ether oxygens (including phenoxy) is 2. The fourth-order valence-electron chi connectivity index (χ4n) is 3.29. The zero-order chi connectivity index (χ0) is 18.9. The van der Waals surface area contributed by atoms with Crippen LogP contribution in [0.25, 0.3) is 0 Å². The molecule has 0 bridgehead atoms. The maximum absolute atomic E-state index is 12.2. The summed E-state index contributed by atoms with van der Waals surface area (Å²) in [5.74, 6) is -1.85. The summed E-state index contributed by atoms with van der Waals surface area (Å²) in [6.45, 7) is 10.6. The SMILES string of the molecule is C=C1C(=O)O[C@@H]2/C=C(/C)C(O)CC[C@](C)(O)CC(OC(=O)C(C)C)[C@@H]12. The second kappa shape index (κ2) is 7.30. The molecular weight excluding hydrogens is 324 g/mol. The highest BCUT2D eigenvalue weighted by Crippen LogP contribution is 2.38. The number of esters is 2. The number of carbonyl (C=O) groups is 2.